The van der Waals surface area contributed by atoms with Crippen LogP contribution in [0.1, 0.15) is 20.3 Å². The summed E-state index contributed by atoms with van der Waals surface area (Å²) in [5.41, 5.74) is 6.31. The molecule has 3 nitrogen and oxygen atoms in total. The van der Waals surface area contributed by atoms with Gasteiger partial charge in [-0.05, 0) is 32.4 Å². The standard InChI is InChI=1S/C9H19NO2/c1-4-11-9(12-5-2)8(3)6-7-10/h9H,3-7,10H2,1-2H3. The zero-order valence-electron chi connectivity index (χ0n) is 8.01. The first-order valence-corrected chi connectivity index (χ1v) is 4.37. The van der Waals surface area contributed by atoms with Crippen LogP contribution in [-0.4, -0.2) is 26.0 Å². The molecule has 0 rings (SSSR count). The van der Waals surface area contributed by atoms with Gasteiger partial charge in [0, 0.05) is 13.2 Å². The Kier molecular flexibility index (Phi) is 7.05. The van der Waals surface area contributed by atoms with Gasteiger partial charge in [-0.3, -0.25) is 0 Å². The van der Waals surface area contributed by atoms with Crippen molar-refractivity contribution in [2.75, 3.05) is 19.8 Å². The van der Waals surface area contributed by atoms with Crippen LogP contribution in [0.4, 0.5) is 0 Å². The maximum absolute atomic E-state index is 5.39. The van der Waals surface area contributed by atoms with Crippen molar-refractivity contribution in [1.82, 2.24) is 0 Å². The van der Waals surface area contributed by atoms with Crippen molar-refractivity contribution in [1.29, 1.82) is 0 Å². The molecule has 0 aliphatic heterocycles. The first-order valence-electron chi connectivity index (χ1n) is 4.37. The zero-order chi connectivity index (χ0) is 9.40. The lowest BCUT2D eigenvalue weighted by Crippen LogP contribution is -2.21. The summed E-state index contributed by atoms with van der Waals surface area (Å²) in [5, 5.41) is 0. The van der Waals surface area contributed by atoms with E-state index in [0.29, 0.717) is 19.8 Å². The molecule has 2 N–H and O–H groups in total. The van der Waals surface area contributed by atoms with Crippen LogP contribution in [-0.2, 0) is 9.47 Å². The van der Waals surface area contributed by atoms with E-state index in [1.807, 2.05) is 13.8 Å². The molecule has 0 saturated heterocycles. The fourth-order valence-electron chi connectivity index (χ4n) is 0.890. The Bertz CT molecular complexity index is 120. The molecule has 0 aromatic carbocycles. The third-order valence-electron chi connectivity index (χ3n) is 1.43. The molecule has 12 heavy (non-hydrogen) atoms. The fourth-order valence-corrected chi connectivity index (χ4v) is 0.890. The van der Waals surface area contributed by atoms with Crippen LogP contribution in [0.15, 0.2) is 12.2 Å². The van der Waals surface area contributed by atoms with Gasteiger partial charge in [-0.1, -0.05) is 6.58 Å². The van der Waals surface area contributed by atoms with E-state index in [-0.39, 0.29) is 6.29 Å². The Hall–Kier alpha value is -0.380. The minimum atomic E-state index is -0.274. The molecular formula is C9H19NO2. The Balaban J connectivity index is 3.81. The highest BCUT2D eigenvalue weighted by Gasteiger charge is 2.10. The van der Waals surface area contributed by atoms with Crippen molar-refractivity contribution in [3.63, 3.8) is 0 Å². The van der Waals surface area contributed by atoms with E-state index < -0.39 is 0 Å². The normalized spacial score (nSPS) is 10.7. The lowest BCUT2D eigenvalue weighted by molar-refractivity contribution is -0.112. The molecule has 3 heteroatoms. The summed E-state index contributed by atoms with van der Waals surface area (Å²) < 4.78 is 10.6. The highest BCUT2D eigenvalue weighted by atomic mass is 16.7. The molecule has 0 aromatic rings. The molecule has 0 spiro atoms. The number of rotatable bonds is 7. The predicted molar refractivity (Wildman–Crippen MR) is 49.9 cm³/mol. The molecule has 0 atom stereocenters. The zero-order valence-corrected chi connectivity index (χ0v) is 8.01. The van der Waals surface area contributed by atoms with Gasteiger partial charge in [0.2, 0.25) is 0 Å². The summed E-state index contributed by atoms with van der Waals surface area (Å²) in [6.45, 7) is 9.58. The highest BCUT2D eigenvalue weighted by Crippen LogP contribution is 2.09. The van der Waals surface area contributed by atoms with Gasteiger partial charge >= 0.3 is 0 Å². The van der Waals surface area contributed by atoms with E-state index in [2.05, 4.69) is 6.58 Å². The largest absolute Gasteiger partial charge is 0.349 e. The van der Waals surface area contributed by atoms with Gasteiger partial charge in [-0.2, -0.15) is 0 Å². The van der Waals surface area contributed by atoms with E-state index >= 15 is 0 Å². The van der Waals surface area contributed by atoms with Gasteiger partial charge in [0.25, 0.3) is 0 Å². The van der Waals surface area contributed by atoms with E-state index in [1.54, 1.807) is 0 Å². The summed E-state index contributed by atoms with van der Waals surface area (Å²) in [4.78, 5) is 0. The van der Waals surface area contributed by atoms with Crippen LogP contribution >= 0.6 is 0 Å². The third kappa shape index (κ3) is 4.49. The van der Waals surface area contributed by atoms with E-state index in [4.69, 9.17) is 15.2 Å². The smallest absolute Gasteiger partial charge is 0.179 e. The maximum atomic E-state index is 5.39. The molecule has 72 valence electrons. The monoisotopic (exact) mass is 173 g/mol. The number of hydrogen-bond donors (Lipinski definition) is 1. The molecule has 0 amide bonds. The van der Waals surface area contributed by atoms with E-state index in [1.165, 1.54) is 0 Å². The summed E-state index contributed by atoms with van der Waals surface area (Å²) in [7, 11) is 0. The van der Waals surface area contributed by atoms with Crippen molar-refractivity contribution in [2.24, 2.45) is 5.73 Å². The van der Waals surface area contributed by atoms with Gasteiger partial charge in [-0.25, -0.2) is 0 Å². The minimum Gasteiger partial charge on any atom is -0.349 e. The summed E-state index contributed by atoms with van der Waals surface area (Å²) in [5.74, 6) is 0. The average Bonchev–Trinajstić information content (AvgIpc) is 2.04. The van der Waals surface area contributed by atoms with Crippen LogP contribution in [0.2, 0.25) is 0 Å². The Morgan fingerprint density at radius 1 is 1.33 bits per heavy atom. The molecule has 0 bridgehead atoms. The predicted octanol–water partition coefficient (Wildman–Crippen LogP) is 1.29. The quantitative estimate of drug-likeness (QED) is 0.466. The number of ether oxygens (including phenoxy) is 2. The van der Waals surface area contributed by atoms with Crippen molar-refractivity contribution < 1.29 is 9.47 Å². The van der Waals surface area contributed by atoms with Crippen LogP contribution in [0.5, 0.6) is 0 Å². The number of hydrogen-bond acceptors (Lipinski definition) is 3. The molecule has 0 saturated carbocycles. The SMILES string of the molecule is C=C(CCN)C(OCC)OCC. The molecule has 0 radical (unpaired) electrons. The van der Waals surface area contributed by atoms with E-state index in [9.17, 15) is 0 Å². The average molecular weight is 173 g/mol. The summed E-state index contributed by atoms with van der Waals surface area (Å²) in [6.07, 6.45) is 0.480. The Morgan fingerprint density at radius 3 is 2.17 bits per heavy atom. The lowest BCUT2D eigenvalue weighted by Gasteiger charge is -2.18. The minimum absolute atomic E-state index is 0.274. The Labute approximate surface area is 74.5 Å². The molecule has 0 aliphatic rings. The third-order valence-corrected chi connectivity index (χ3v) is 1.43. The topological polar surface area (TPSA) is 44.5 Å². The van der Waals surface area contributed by atoms with E-state index in [0.717, 1.165) is 12.0 Å². The molecule has 0 unspecified atom stereocenters. The van der Waals surface area contributed by atoms with Gasteiger partial charge in [-0.15, -0.1) is 0 Å². The second kappa shape index (κ2) is 7.28. The number of nitrogens with two attached hydrogens (primary N) is 1. The van der Waals surface area contributed by atoms with Crippen molar-refractivity contribution in [2.45, 2.75) is 26.6 Å². The van der Waals surface area contributed by atoms with Crippen molar-refractivity contribution >= 4 is 0 Å². The molecule has 0 fully saturated rings. The van der Waals surface area contributed by atoms with Crippen LogP contribution in [0.3, 0.4) is 0 Å². The molecule has 0 heterocycles. The van der Waals surface area contributed by atoms with Crippen LogP contribution < -0.4 is 5.73 Å². The Morgan fingerprint density at radius 2 is 1.83 bits per heavy atom. The molecule has 0 aromatic heterocycles. The van der Waals surface area contributed by atoms with Crippen molar-refractivity contribution in [3.05, 3.63) is 12.2 Å². The fraction of sp³-hybridized carbons (Fsp3) is 0.778. The summed E-state index contributed by atoms with van der Waals surface area (Å²) in [6, 6.07) is 0. The van der Waals surface area contributed by atoms with Crippen LogP contribution in [0.25, 0.3) is 0 Å². The van der Waals surface area contributed by atoms with Gasteiger partial charge in [0.15, 0.2) is 6.29 Å². The summed E-state index contributed by atoms with van der Waals surface area (Å²) >= 11 is 0. The van der Waals surface area contributed by atoms with Crippen LogP contribution in [0, 0.1) is 0 Å². The molecule has 0 aliphatic carbocycles. The van der Waals surface area contributed by atoms with Gasteiger partial charge in [0.1, 0.15) is 0 Å². The van der Waals surface area contributed by atoms with Gasteiger partial charge < -0.3 is 15.2 Å². The van der Waals surface area contributed by atoms with Crippen molar-refractivity contribution in [3.8, 4) is 0 Å². The second-order valence-electron chi connectivity index (χ2n) is 2.44. The first kappa shape index (κ1) is 11.6. The second-order valence-corrected chi connectivity index (χ2v) is 2.44. The lowest BCUT2D eigenvalue weighted by atomic mass is 10.2. The highest BCUT2D eigenvalue weighted by molar-refractivity contribution is 4.98. The maximum Gasteiger partial charge on any atom is 0.179 e. The molecular weight excluding hydrogens is 154 g/mol. The first-order chi connectivity index (χ1) is 5.76. The van der Waals surface area contributed by atoms with Gasteiger partial charge in [0.05, 0.1) is 0 Å².